The van der Waals surface area contributed by atoms with Crippen LogP contribution in [0, 0.1) is 0 Å². The maximum Gasteiger partial charge on any atom is 0.261 e. The number of halogens is 1. The molecule has 1 aromatic heterocycles. The monoisotopic (exact) mass is 362 g/mol. The summed E-state index contributed by atoms with van der Waals surface area (Å²) in [5.74, 6) is 0. The van der Waals surface area contributed by atoms with Gasteiger partial charge in [-0.2, -0.15) is 0 Å². The summed E-state index contributed by atoms with van der Waals surface area (Å²) >= 11 is 3.28. The highest BCUT2D eigenvalue weighted by Crippen LogP contribution is 2.20. The Kier molecular flexibility index (Phi) is 3.65. The molecule has 0 fully saturated rings. The summed E-state index contributed by atoms with van der Waals surface area (Å²) in [6, 6.07) is 15.8. The van der Waals surface area contributed by atoms with Crippen molar-refractivity contribution < 1.29 is 8.42 Å². The minimum absolute atomic E-state index is 0.207. The first-order valence-electron chi connectivity index (χ1n) is 6.18. The van der Waals surface area contributed by atoms with Crippen molar-refractivity contribution in [3.05, 3.63) is 65.3 Å². The second kappa shape index (κ2) is 5.46. The molecule has 2 aromatic carbocycles. The lowest BCUT2D eigenvalue weighted by atomic mass is 10.2. The Hall–Kier alpha value is -1.92. The van der Waals surface area contributed by atoms with Crippen LogP contribution in [-0.4, -0.2) is 13.4 Å². The van der Waals surface area contributed by atoms with Gasteiger partial charge in [0.05, 0.1) is 22.3 Å². The van der Waals surface area contributed by atoms with Crippen LogP contribution >= 0.6 is 15.9 Å². The third-order valence-corrected chi connectivity index (χ3v) is 4.89. The van der Waals surface area contributed by atoms with Crippen LogP contribution in [0.15, 0.2) is 70.2 Å². The number of hydrogen-bond donors (Lipinski definition) is 1. The lowest BCUT2D eigenvalue weighted by Crippen LogP contribution is -2.12. The molecule has 0 bridgehead atoms. The second-order valence-corrected chi connectivity index (χ2v) is 7.07. The van der Waals surface area contributed by atoms with Crippen LogP contribution in [0.4, 0.5) is 5.69 Å². The third-order valence-electron chi connectivity index (χ3n) is 2.97. The Balaban J connectivity index is 1.95. The van der Waals surface area contributed by atoms with E-state index in [0.29, 0.717) is 5.69 Å². The number of nitrogens with one attached hydrogen (secondary N) is 1. The molecule has 0 saturated carbocycles. The van der Waals surface area contributed by atoms with Crippen molar-refractivity contribution in [2.45, 2.75) is 4.90 Å². The van der Waals surface area contributed by atoms with Crippen LogP contribution in [0.25, 0.3) is 10.9 Å². The molecule has 106 valence electrons. The maximum absolute atomic E-state index is 12.3. The van der Waals surface area contributed by atoms with Gasteiger partial charge >= 0.3 is 0 Å². The van der Waals surface area contributed by atoms with E-state index in [4.69, 9.17) is 0 Å². The fourth-order valence-corrected chi connectivity index (χ4v) is 3.25. The average Bonchev–Trinajstić information content (AvgIpc) is 2.47. The summed E-state index contributed by atoms with van der Waals surface area (Å²) in [5.41, 5.74) is 1.26. The zero-order valence-corrected chi connectivity index (χ0v) is 13.2. The standard InChI is InChI=1S/C15H11BrN2O2S/c16-12-5-7-14(8-6-12)21(19,20)18-13-9-11-3-1-2-4-15(11)17-10-13/h1-10,18H. The predicted octanol–water partition coefficient (Wildman–Crippen LogP) is 3.80. The Bertz CT molecular complexity index is 893. The first kappa shape index (κ1) is 14.0. The van der Waals surface area contributed by atoms with Crippen molar-refractivity contribution >= 4 is 42.5 Å². The molecule has 0 aliphatic carbocycles. The SMILES string of the molecule is O=S(=O)(Nc1cnc2ccccc2c1)c1ccc(Br)cc1. The van der Waals surface area contributed by atoms with Crippen LogP contribution in [0.5, 0.6) is 0 Å². The number of nitrogens with zero attached hydrogens (tertiary/aromatic N) is 1. The van der Waals surface area contributed by atoms with Crippen LogP contribution < -0.4 is 4.72 Å². The normalized spacial score (nSPS) is 11.5. The smallest absolute Gasteiger partial charge is 0.261 e. The number of pyridine rings is 1. The quantitative estimate of drug-likeness (QED) is 0.770. The number of anilines is 1. The van der Waals surface area contributed by atoms with Crippen molar-refractivity contribution in [1.29, 1.82) is 0 Å². The van der Waals surface area contributed by atoms with Gasteiger partial charge in [0.1, 0.15) is 0 Å². The van der Waals surface area contributed by atoms with Gasteiger partial charge in [0, 0.05) is 9.86 Å². The molecule has 1 N–H and O–H groups in total. The van der Waals surface area contributed by atoms with Gasteiger partial charge in [0.25, 0.3) is 10.0 Å². The summed E-state index contributed by atoms with van der Waals surface area (Å²) in [7, 11) is -3.61. The zero-order chi connectivity index (χ0) is 14.9. The Labute approximate surface area is 131 Å². The molecule has 0 unspecified atom stereocenters. The molecule has 21 heavy (non-hydrogen) atoms. The lowest BCUT2D eigenvalue weighted by molar-refractivity contribution is 0.601. The predicted molar refractivity (Wildman–Crippen MR) is 86.7 cm³/mol. The van der Waals surface area contributed by atoms with Crippen LogP contribution in [-0.2, 0) is 10.0 Å². The third kappa shape index (κ3) is 3.06. The molecule has 0 saturated heterocycles. The summed E-state index contributed by atoms with van der Waals surface area (Å²) in [5, 5.41) is 0.883. The van der Waals surface area contributed by atoms with E-state index in [2.05, 4.69) is 25.6 Å². The molecule has 3 rings (SSSR count). The highest BCUT2D eigenvalue weighted by molar-refractivity contribution is 9.10. The number of fused-ring (bicyclic) bond motifs is 1. The Morgan fingerprint density at radius 3 is 2.48 bits per heavy atom. The highest BCUT2D eigenvalue weighted by atomic mass is 79.9. The van der Waals surface area contributed by atoms with Crippen molar-refractivity contribution in [2.75, 3.05) is 4.72 Å². The Morgan fingerprint density at radius 2 is 1.71 bits per heavy atom. The van der Waals surface area contributed by atoms with Crippen LogP contribution in [0.3, 0.4) is 0 Å². The number of aromatic nitrogens is 1. The number of sulfonamides is 1. The largest absolute Gasteiger partial charge is 0.278 e. The number of para-hydroxylation sites is 1. The van der Waals surface area contributed by atoms with E-state index in [9.17, 15) is 8.42 Å². The first-order valence-corrected chi connectivity index (χ1v) is 8.45. The molecule has 4 nitrogen and oxygen atoms in total. The van der Waals surface area contributed by atoms with E-state index >= 15 is 0 Å². The van der Waals surface area contributed by atoms with E-state index in [1.54, 1.807) is 30.3 Å². The molecule has 1 heterocycles. The molecule has 6 heteroatoms. The van der Waals surface area contributed by atoms with E-state index in [1.165, 1.54) is 6.20 Å². The number of hydrogen-bond acceptors (Lipinski definition) is 3. The highest BCUT2D eigenvalue weighted by Gasteiger charge is 2.14. The van der Waals surface area contributed by atoms with Gasteiger partial charge in [-0.3, -0.25) is 9.71 Å². The molecule has 0 aliphatic rings. The molecular formula is C15H11BrN2O2S. The van der Waals surface area contributed by atoms with Crippen molar-refractivity contribution in [1.82, 2.24) is 4.98 Å². The van der Waals surface area contributed by atoms with Gasteiger partial charge in [-0.25, -0.2) is 8.42 Å². The zero-order valence-electron chi connectivity index (χ0n) is 10.8. The van der Waals surface area contributed by atoms with Gasteiger partial charge in [0.2, 0.25) is 0 Å². The van der Waals surface area contributed by atoms with Crippen LogP contribution in [0.1, 0.15) is 0 Å². The van der Waals surface area contributed by atoms with E-state index < -0.39 is 10.0 Å². The minimum atomic E-state index is -3.61. The molecule has 0 aliphatic heterocycles. The maximum atomic E-state index is 12.3. The molecule has 0 atom stereocenters. The topological polar surface area (TPSA) is 59.1 Å². The molecule has 0 radical (unpaired) electrons. The first-order chi connectivity index (χ1) is 10.0. The molecule has 3 aromatic rings. The van der Waals surface area contributed by atoms with Crippen LogP contribution in [0.2, 0.25) is 0 Å². The summed E-state index contributed by atoms with van der Waals surface area (Å²) < 4.78 is 28.0. The van der Waals surface area contributed by atoms with E-state index in [1.807, 2.05) is 24.3 Å². The molecular weight excluding hydrogens is 352 g/mol. The van der Waals surface area contributed by atoms with Gasteiger partial charge in [-0.15, -0.1) is 0 Å². The number of benzene rings is 2. The van der Waals surface area contributed by atoms with Gasteiger partial charge < -0.3 is 0 Å². The summed E-state index contributed by atoms with van der Waals surface area (Å²) in [6.07, 6.45) is 1.51. The van der Waals surface area contributed by atoms with Crippen molar-refractivity contribution in [2.24, 2.45) is 0 Å². The van der Waals surface area contributed by atoms with Crippen molar-refractivity contribution in [3.8, 4) is 0 Å². The molecule has 0 spiro atoms. The van der Waals surface area contributed by atoms with E-state index in [0.717, 1.165) is 15.4 Å². The number of rotatable bonds is 3. The Morgan fingerprint density at radius 1 is 1.00 bits per heavy atom. The fourth-order valence-electron chi connectivity index (χ4n) is 1.95. The minimum Gasteiger partial charge on any atom is -0.278 e. The fraction of sp³-hybridized carbons (Fsp3) is 0. The van der Waals surface area contributed by atoms with Gasteiger partial charge in [-0.1, -0.05) is 34.1 Å². The van der Waals surface area contributed by atoms with Gasteiger partial charge in [0.15, 0.2) is 0 Å². The average molecular weight is 363 g/mol. The summed E-state index contributed by atoms with van der Waals surface area (Å²) in [4.78, 5) is 4.45. The van der Waals surface area contributed by atoms with E-state index in [-0.39, 0.29) is 4.90 Å². The second-order valence-electron chi connectivity index (χ2n) is 4.48. The lowest BCUT2D eigenvalue weighted by Gasteiger charge is -2.08. The van der Waals surface area contributed by atoms with Crippen molar-refractivity contribution in [3.63, 3.8) is 0 Å². The summed E-state index contributed by atoms with van der Waals surface area (Å²) in [6.45, 7) is 0. The molecule has 0 amide bonds. The van der Waals surface area contributed by atoms with Gasteiger partial charge in [-0.05, 0) is 36.4 Å².